The Morgan fingerprint density at radius 1 is 1.41 bits per heavy atom. The highest BCUT2D eigenvalue weighted by Gasteiger charge is 2.05. The summed E-state index contributed by atoms with van der Waals surface area (Å²) in [7, 11) is 0. The molecule has 0 fully saturated rings. The molecule has 1 aromatic carbocycles. The van der Waals surface area contributed by atoms with Gasteiger partial charge in [-0.2, -0.15) is 0 Å². The van der Waals surface area contributed by atoms with E-state index in [1.807, 2.05) is 6.07 Å². The molecule has 4 heteroatoms. The normalized spacial score (nSPS) is 12.1. The number of amides is 1. The smallest absolute Gasteiger partial charge is 0.220 e. The SMILES string of the molecule is CC(O)CCNC(=O)CCc1ccccc1O. The van der Waals surface area contributed by atoms with Crippen molar-refractivity contribution >= 4 is 5.91 Å². The van der Waals surface area contributed by atoms with Crippen molar-refractivity contribution in [2.45, 2.75) is 32.3 Å². The molecule has 1 amide bonds. The van der Waals surface area contributed by atoms with Crippen LogP contribution in [-0.2, 0) is 11.2 Å². The molecule has 94 valence electrons. The van der Waals surface area contributed by atoms with Gasteiger partial charge in [-0.15, -0.1) is 0 Å². The molecule has 1 aromatic rings. The molecular formula is C13H19NO3. The number of carbonyl (C=O) groups excluding carboxylic acids is 1. The van der Waals surface area contributed by atoms with Gasteiger partial charge < -0.3 is 15.5 Å². The lowest BCUT2D eigenvalue weighted by molar-refractivity contribution is -0.121. The van der Waals surface area contributed by atoms with Crippen molar-refractivity contribution in [1.29, 1.82) is 0 Å². The van der Waals surface area contributed by atoms with Crippen LogP contribution < -0.4 is 5.32 Å². The van der Waals surface area contributed by atoms with Crippen molar-refractivity contribution in [3.63, 3.8) is 0 Å². The van der Waals surface area contributed by atoms with E-state index in [0.29, 0.717) is 25.8 Å². The molecule has 0 radical (unpaired) electrons. The van der Waals surface area contributed by atoms with Crippen LogP contribution in [0, 0.1) is 0 Å². The summed E-state index contributed by atoms with van der Waals surface area (Å²) in [5.74, 6) is 0.165. The molecule has 3 N–H and O–H groups in total. The van der Waals surface area contributed by atoms with Crippen LogP contribution >= 0.6 is 0 Å². The van der Waals surface area contributed by atoms with Gasteiger partial charge in [0.25, 0.3) is 0 Å². The number of benzene rings is 1. The first-order chi connectivity index (χ1) is 8.09. The standard InChI is InChI=1S/C13H19NO3/c1-10(15)8-9-14-13(17)7-6-11-4-2-3-5-12(11)16/h2-5,10,15-16H,6-9H2,1H3,(H,14,17). The van der Waals surface area contributed by atoms with Gasteiger partial charge in [0.05, 0.1) is 6.10 Å². The minimum atomic E-state index is -0.395. The van der Waals surface area contributed by atoms with Crippen LogP contribution in [0.15, 0.2) is 24.3 Å². The molecule has 0 saturated heterocycles. The molecule has 4 nitrogen and oxygen atoms in total. The van der Waals surface area contributed by atoms with E-state index in [0.717, 1.165) is 5.56 Å². The van der Waals surface area contributed by atoms with Crippen molar-refractivity contribution in [1.82, 2.24) is 5.32 Å². The Morgan fingerprint density at radius 2 is 2.12 bits per heavy atom. The maximum Gasteiger partial charge on any atom is 0.220 e. The van der Waals surface area contributed by atoms with E-state index < -0.39 is 6.10 Å². The molecule has 1 rings (SSSR count). The molecule has 0 aliphatic rings. The van der Waals surface area contributed by atoms with Crippen molar-refractivity contribution < 1.29 is 15.0 Å². The molecule has 0 saturated carbocycles. The Bertz CT molecular complexity index is 363. The van der Waals surface area contributed by atoms with Gasteiger partial charge in [0.1, 0.15) is 5.75 Å². The van der Waals surface area contributed by atoms with Crippen molar-refractivity contribution in [2.24, 2.45) is 0 Å². The third-order valence-electron chi connectivity index (χ3n) is 2.50. The van der Waals surface area contributed by atoms with Crippen LogP contribution in [0.1, 0.15) is 25.3 Å². The van der Waals surface area contributed by atoms with Gasteiger partial charge in [-0.05, 0) is 31.4 Å². The fourth-order valence-electron chi connectivity index (χ4n) is 1.48. The molecule has 0 aromatic heterocycles. The second-order valence-electron chi connectivity index (χ2n) is 4.12. The Hall–Kier alpha value is -1.55. The van der Waals surface area contributed by atoms with Crippen LogP contribution in [0.25, 0.3) is 0 Å². The number of hydrogen-bond donors (Lipinski definition) is 3. The Morgan fingerprint density at radius 3 is 2.76 bits per heavy atom. The van der Waals surface area contributed by atoms with Gasteiger partial charge in [0, 0.05) is 13.0 Å². The topological polar surface area (TPSA) is 69.6 Å². The lowest BCUT2D eigenvalue weighted by Crippen LogP contribution is -2.26. The number of aromatic hydroxyl groups is 1. The van der Waals surface area contributed by atoms with Gasteiger partial charge in [-0.25, -0.2) is 0 Å². The number of nitrogens with one attached hydrogen (secondary N) is 1. The van der Waals surface area contributed by atoms with E-state index >= 15 is 0 Å². The maximum atomic E-state index is 11.4. The number of aryl methyl sites for hydroxylation is 1. The minimum absolute atomic E-state index is 0.0612. The first-order valence-electron chi connectivity index (χ1n) is 5.81. The van der Waals surface area contributed by atoms with Gasteiger partial charge in [-0.1, -0.05) is 18.2 Å². The zero-order valence-corrected chi connectivity index (χ0v) is 10.0. The van der Waals surface area contributed by atoms with Gasteiger partial charge >= 0.3 is 0 Å². The van der Waals surface area contributed by atoms with E-state index in [1.54, 1.807) is 25.1 Å². The fraction of sp³-hybridized carbons (Fsp3) is 0.462. The fourth-order valence-corrected chi connectivity index (χ4v) is 1.48. The van der Waals surface area contributed by atoms with Gasteiger partial charge in [-0.3, -0.25) is 4.79 Å². The van der Waals surface area contributed by atoms with Crippen LogP contribution in [0.3, 0.4) is 0 Å². The first kappa shape index (κ1) is 13.5. The van der Waals surface area contributed by atoms with Gasteiger partial charge in [0.2, 0.25) is 5.91 Å². The van der Waals surface area contributed by atoms with Crippen LogP contribution in [-0.4, -0.2) is 28.8 Å². The second-order valence-corrected chi connectivity index (χ2v) is 4.12. The lowest BCUT2D eigenvalue weighted by Gasteiger charge is -2.07. The molecule has 1 unspecified atom stereocenters. The third-order valence-corrected chi connectivity index (χ3v) is 2.50. The highest BCUT2D eigenvalue weighted by Crippen LogP contribution is 2.16. The summed E-state index contributed by atoms with van der Waals surface area (Å²) in [5.41, 5.74) is 0.776. The third kappa shape index (κ3) is 5.36. The Labute approximate surface area is 101 Å². The molecule has 0 spiro atoms. The Balaban J connectivity index is 2.26. The minimum Gasteiger partial charge on any atom is -0.508 e. The van der Waals surface area contributed by atoms with Crippen molar-refractivity contribution in [3.05, 3.63) is 29.8 Å². The molecule has 0 heterocycles. The largest absolute Gasteiger partial charge is 0.508 e. The monoisotopic (exact) mass is 237 g/mol. The van der Waals surface area contributed by atoms with E-state index in [1.165, 1.54) is 0 Å². The molecular weight excluding hydrogens is 218 g/mol. The number of phenols is 1. The van der Waals surface area contributed by atoms with Crippen LogP contribution in [0.5, 0.6) is 5.75 Å². The quantitative estimate of drug-likeness (QED) is 0.696. The van der Waals surface area contributed by atoms with Crippen molar-refractivity contribution in [2.75, 3.05) is 6.54 Å². The number of rotatable bonds is 6. The van der Waals surface area contributed by atoms with Crippen LogP contribution in [0.4, 0.5) is 0 Å². The summed E-state index contributed by atoms with van der Waals surface area (Å²) in [4.78, 5) is 11.4. The summed E-state index contributed by atoms with van der Waals surface area (Å²) >= 11 is 0. The van der Waals surface area contributed by atoms with E-state index in [-0.39, 0.29) is 11.7 Å². The number of carbonyl (C=O) groups is 1. The van der Waals surface area contributed by atoms with E-state index in [9.17, 15) is 9.90 Å². The summed E-state index contributed by atoms with van der Waals surface area (Å²) in [6.45, 7) is 2.17. The Kier molecular flexibility index (Phi) is 5.49. The molecule has 0 aliphatic carbocycles. The highest BCUT2D eigenvalue weighted by molar-refractivity contribution is 5.76. The van der Waals surface area contributed by atoms with E-state index in [4.69, 9.17) is 5.11 Å². The molecule has 0 bridgehead atoms. The summed E-state index contributed by atoms with van der Waals surface area (Å²) in [6.07, 6.45) is 1.03. The lowest BCUT2D eigenvalue weighted by atomic mass is 10.1. The summed E-state index contributed by atoms with van der Waals surface area (Å²) in [5, 5.41) is 21.3. The predicted octanol–water partition coefficient (Wildman–Crippen LogP) is 1.21. The molecule has 1 atom stereocenters. The number of aliphatic hydroxyl groups excluding tert-OH is 1. The highest BCUT2D eigenvalue weighted by atomic mass is 16.3. The molecule has 17 heavy (non-hydrogen) atoms. The molecule has 0 aliphatic heterocycles. The van der Waals surface area contributed by atoms with Crippen molar-refractivity contribution in [3.8, 4) is 5.75 Å². The number of phenolic OH excluding ortho intramolecular Hbond substituents is 1. The second kappa shape index (κ2) is 6.91. The average Bonchev–Trinajstić information content (AvgIpc) is 2.27. The van der Waals surface area contributed by atoms with E-state index in [2.05, 4.69) is 5.32 Å². The maximum absolute atomic E-state index is 11.4. The van der Waals surface area contributed by atoms with Gasteiger partial charge in [0.15, 0.2) is 0 Å². The average molecular weight is 237 g/mol. The zero-order valence-electron chi connectivity index (χ0n) is 10.0. The zero-order chi connectivity index (χ0) is 12.7. The predicted molar refractivity (Wildman–Crippen MR) is 65.7 cm³/mol. The number of para-hydroxylation sites is 1. The first-order valence-corrected chi connectivity index (χ1v) is 5.81. The van der Waals surface area contributed by atoms with Crippen LogP contribution in [0.2, 0.25) is 0 Å². The summed E-state index contributed by atoms with van der Waals surface area (Å²) in [6, 6.07) is 7.00. The number of aliphatic hydroxyl groups is 1. The number of hydrogen-bond acceptors (Lipinski definition) is 3. The summed E-state index contributed by atoms with van der Waals surface area (Å²) < 4.78 is 0.